The predicted molar refractivity (Wildman–Crippen MR) is 119 cm³/mol. The summed E-state index contributed by atoms with van der Waals surface area (Å²) in [5.74, 6) is 22.0. The fourth-order valence-electron chi connectivity index (χ4n) is 2.70. The van der Waals surface area contributed by atoms with Gasteiger partial charge in [0.05, 0.1) is 11.5 Å². The molecule has 31 heavy (non-hydrogen) atoms. The van der Waals surface area contributed by atoms with E-state index in [2.05, 4.69) is 64.1 Å². The molecule has 0 spiro atoms. The maximum atomic E-state index is 11.7. The quantitative estimate of drug-likeness (QED) is 0.539. The number of hydrogen-bond acceptors (Lipinski definition) is 6. The Hall–Kier alpha value is -3.51. The van der Waals surface area contributed by atoms with Crippen LogP contribution in [0.25, 0.3) is 0 Å². The maximum Gasteiger partial charge on any atom is 0.394 e. The van der Waals surface area contributed by atoms with Crippen molar-refractivity contribution in [1.29, 1.82) is 0 Å². The normalized spacial score (nSPS) is 14.6. The monoisotopic (exact) mass is 435 g/mol. The maximum absolute atomic E-state index is 11.7. The summed E-state index contributed by atoms with van der Waals surface area (Å²) in [6, 6.07) is 6.72. The van der Waals surface area contributed by atoms with Crippen LogP contribution in [0.1, 0.15) is 19.8 Å². The van der Waals surface area contributed by atoms with E-state index in [1.807, 2.05) is 0 Å². The highest BCUT2D eigenvalue weighted by Crippen LogP contribution is 2.23. The minimum atomic E-state index is -2.94. The largest absolute Gasteiger partial charge is 0.429 e. The standard InChI is InChI=1S/C24H21NO5S/c1-2-3-4-5-6-7-8-9-10-17-24(26,27)30-23-15-13-22(14-16-23)25-18-11-20-31(28,29)21-12-19-25/h13-16,26-27H,11-12,18-21H2,1H3. The molecule has 0 bridgehead atoms. The van der Waals surface area contributed by atoms with Gasteiger partial charge in [-0.3, -0.25) is 0 Å². The number of hydrogen-bond donors (Lipinski definition) is 2. The summed E-state index contributed by atoms with van der Waals surface area (Å²) in [6.45, 7) is 2.93. The molecule has 1 aliphatic rings. The van der Waals surface area contributed by atoms with Crippen LogP contribution in [0.5, 0.6) is 5.75 Å². The van der Waals surface area contributed by atoms with Crippen molar-refractivity contribution >= 4 is 15.5 Å². The molecular weight excluding hydrogens is 414 g/mol. The summed E-state index contributed by atoms with van der Waals surface area (Å²) in [4.78, 5) is 2.10. The number of anilines is 1. The van der Waals surface area contributed by atoms with E-state index in [0.29, 0.717) is 25.9 Å². The zero-order chi connectivity index (χ0) is 22.6. The first kappa shape index (κ1) is 23.8. The number of nitrogens with zero attached hydrogens (tertiary/aromatic N) is 1. The van der Waals surface area contributed by atoms with Crippen molar-refractivity contribution in [3.63, 3.8) is 0 Å². The topological polar surface area (TPSA) is 87.1 Å². The van der Waals surface area contributed by atoms with E-state index < -0.39 is 15.8 Å². The highest BCUT2D eigenvalue weighted by molar-refractivity contribution is 7.91. The lowest BCUT2D eigenvalue weighted by atomic mass is 10.2. The van der Waals surface area contributed by atoms with Crippen LogP contribution in [0.2, 0.25) is 0 Å². The van der Waals surface area contributed by atoms with E-state index in [9.17, 15) is 18.6 Å². The summed E-state index contributed by atoms with van der Waals surface area (Å²) in [5, 5.41) is 19.7. The Labute approximate surface area is 183 Å². The fourth-order valence-corrected chi connectivity index (χ4v) is 4.04. The van der Waals surface area contributed by atoms with Gasteiger partial charge in [-0.05, 0) is 91.4 Å². The van der Waals surface area contributed by atoms with Crippen LogP contribution < -0.4 is 9.64 Å². The first-order chi connectivity index (χ1) is 14.8. The van der Waals surface area contributed by atoms with E-state index in [0.717, 1.165) is 5.69 Å². The second-order valence-corrected chi connectivity index (χ2v) is 8.73. The van der Waals surface area contributed by atoms with Gasteiger partial charge in [0.15, 0.2) is 0 Å². The summed E-state index contributed by atoms with van der Waals surface area (Å²) < 4.78 is 28.5. The van der Waals surface area contributed by atoms with Crippen molar-refractivity contribution in [3.8, 4) is 65.0 Å². The molecule has 1 saturated heterocycles. The van der Waals surface area contributed by atoms with Crippen molar-refractivity contribution in [2.45, 2.75) is 25.7 Å². The van der Waals surface area contributed by atoms with Crippen molar-refractivity contribution in [2.24, 2.45) is 0 Å². The highest BCUT2D eigenvalue weighted by atomic mass is 32.2. The molecule has 0 saturated carbocycles. The Bertz CT molecular complexity index is 1170. The second kappa shape index (κ2) is 11.6. The van der Waals surface area contributed by atoms with Crippen molar-refractivity contribution in [3.05, 3.63) is 24.3 Å². The molecule has 158 valence electrons. The molecule has 2 N–H and O–H groups in total. The molecule has 0 radical (unpaired) electrons. The Morgan fingerprint density at radius 2 is 1.39 bits per heavy atom. The Morgan fingerprint density at radius 3 is 1.94 bits per heavy atom. The molecule has 2 rings (SSSR count). The molecule has 1 aromatic rings. The smallest absolute Gasteiger partial charge is 0.394 e. The lowest BCUT2D eigenvalue weighted by Gasteiger charge is -2.27. The van der Waals surface area contributed by atoms with Crippen LogP contribution in [0, 0.1) is 59.2 Å². The number of sulfone groups is 1. The fraction of sp³-hybridized carbons (Fsp3) is 0.333. The first-order valence-corrected chi connectivity index (χ1v) is 11.3. The summed E-state index contributed by atoms with van der Waals surface area (Å²) in [5.41, 5.74) is 0.900. The number of ether oxygens (including phenoxy) is 1. The van der Waals surface area contributed by atoms with Gasteiger partial charge in [0, 0.05) is 24.7 Å². The molecule has 1 fully saturated rings. The Morgan fingerprint density at radius 1 is 0.871 bits per heavy atom. The summed E-state index contributed by atoms with van der Waals surface area (Å²) in [7, 11) is -2.94. The van der Waals surface area contributed by atoms with E-state index in [1.165, 1.54) is 0 Å². The van der Waals surface area contributed by atoms with Crippen LogP contribution in [0.15, 0.2) is 24.3 Å². The molecule has 0 aromatic heterocycles. The van der Waals surface area contributed by atoms with Gasteiger partial charge >= 0.3 is 5.97 Å². The van der Waals surface area contributed by atoms with Gasteiger partial charge in [0.25, 0.3) is 0 Å². The molecule has 0 unspecified atom stereocenters. The molecular formula is C24H21NO5S. The molecule has 7 heteroatoms. The van der Waals surface area contributed by atoms with Gasteiger partial charge in [-0.1, -0.05) is 5.92 Å². The summed E-state index contributed by atoms with van der Waals surface area (Å²) in [6.07, 6.45) is 1.13. The van der Waals surface area contributed by atoms with Gasteiger partial charge in [-0.25, -0.2) is 8.42 Å². The van der Waals surface area contributed by atoms with Gasteiger partial charge in [-0.15, -0.1) is 0 Å². The van der Waals surface area contributed by atoms with Crippen molar-refractivity contribution in [2.75, 3.05) is 29.5 Å². The zero-order valence-electron chi connectivity index (χ0n) is 17.0. The van der Waals surface area contributed by atoms with E-state index >= 15 is 0 Å². The minimum Gasteiger partial charge on any atom is -0.429 e. The molecule has 0 atom stereocenters. The average Bonchev–Trinajstić information content (AvgIpc) is 2.70. The van der Waals surface area contributed by atoms with Crippen LogP contribution in [-0.2, 0) is 9.84 Å². The van der Waals surface area contributed by atoms with Crippen molar-refractivity contribution < 1.29 is 23.4 Å². The third-order valence-corrected chi connectivity index (χ3v) is 5.84. The SMILES string of the molecule is CC#CC#CC#CC#CC#CC(O)(O)Oc1ccc(N2CCCS(=O)(=O)CCC2)cc1. The third kappa shape index (κ3) is 9.23. The highest BCUT2D eigenvalue weighted by Gasteiger charge is 2.23. The van der Waals surface area contributed by atoms with E-state index in [1.54, 1.807) is 31.2 Å². The average molecular weight is 436 g/mol. The van der Waals surface area contributed by atoms with E-state index in [4.69, 9.17) is 4.74 Å². The van der Waals surface area contributed by atoms with Crippen molar-refractivity contribution in [1.82, 2.24) is 0 Å². The first-order valence-electron chi connectivity index (χ1n) is 9.44. The van der Waals surface area contributed by atoms with Gasteiger partial charge in [0.2, 0.25) is 0 Å². The molecule has 0 amide bonds. The van der Waals surface area contributed by atoms with Crippen LogP contribution in [0.4, 0.5) is 5.69 Å². The number of aliphatic hydroxyl groups is 2. The van der Waals surface area contributed by atoms with Gasteiger partial charge in [-0.2, -0.15) is 0 Å². The third-order valence-electron chi connectivity index (χ3n) is 4.02. The second-order valence-electron chi connectivity index (χ2n) is 6.43. The van der Waals surface area contributed by atoms with Crippen LogP contribution in [-0.4, -0.2) is 49.2 Å². The minimum absolute atomic E-state index is 0.191. The number of benzene rings is 1. The Kier molecular flexibility index (Phi) is 8.91. The Balaban J connectivity index is 1.95. The lowest BCUT2D eigenvalue weighted by molar-refractivity contribution is -0.245. The summed E-state index contributed by atoms with van der Waals surface area (Å²) >= 11 is 0. The zero-order valence-corrected chi connectivity index (χ0v) is 17.8. The molecule has 0 aliphatic carbocycles. The molecule has 6 nitrogen and oxygen atoms in total. The predicted octanol–water partition coefficient (Wildman–Crippen LogP) is 0.756. The van der Waals surface area contributed by atoms with Gasteiger partial charge < -0.3 is 19.8 Å². The lowest BCUT2D eigenvalue weighted by Crippen LogP contribution is -2.33. The molecule has 1 aliphatic heterocycles. The van der Waals surface area contributed by atoms with E-state index in [-0.39, 0.29) is 17.3 Å². The molecule has 1 heterocycles. The molecule has 1 aromatic carbocycles. The van der Waals surface area contributed by atoms with Gasteiger partial charge in [0.1, 0.15) is 15.6 Å². The van der Waals surface area contributed by atoms with Crippen LogP contribution >= 0.6 is 0 Å². The number of rotatable bonds is 3. The van der Waals surface area contributed by atoms with Crippen LogP contribution in [0.3, 0.4) is 0 Å².